The van der Waals surface area contributed by atoms with Crippen LogP contribution >= 0.6 is 0 Å². The summed E-state index contributed by atoms with van der Waals surface area (Å²) in [6, 6.07) is 6.90. The molecule has 0 unspecified atom stereocenters. The number of aromatic amines is 1. The van der Waals surface area contributed by atoms with Crippen LogP contribution < -0.4 is 0 Å². The Morgan fingerprint density at radius 2 is 2.14 bits per heavy atom. The number of hydrogen-bond acceptors (Lipinski definition) is 3. The quantitative estimate of drug-likeness (QED) is 0.910. The molecule has 1 aromatic carbocycles. The number of aryl methyl sites for hydroxylation is 2. The molecule has 5 heteroatoms. The summed E-state index contributed by atoms with van der Waals surface area (Å²) in [6.45, 7) is 6.08. The average molecular weight is 303 g/mol. The molecule has 1 aromatic heterocycles. The van der Waals surface area contributed by atoms with Crippen LogP contribution in [0.15, 0.2) is 24.3 Å². The monoisotopic (exact) mass is 303 g/mol. The van der Waals surface area contributed by atoms with Gasteiger partial charge >= 0.3 is 0 Å². The van der Waals surface area contributed by atoms with Crippen molar-refractivity contribution in [3.8, 4) is 0 Å². The third-order valence-electron chi connectivity index (χ3n) is 4.42. The molecule has 22 heavy (non-hydrogen) atoms. The van der Waals surface area contributed by atoms with Crippen molar-refractivity contribution in [2.75, 3.05) is 13.1 Å². The Balaban J connectivity index is 1.64. The maximum atomic E-state index is 13.4. The van der Waals surface area contributed by atoms with Crippen LogP contribution in [0.2, 0.25) is 0 Å². The largest absolute Gasteiger partial charge is 0.391 e. The van der Waals surface area contributed by atoms with Crippen LogP contribution in [0.4, 0.5) is 4.39 Å². The second-order valence-corrected chi connectivity index (χ2v) is 6.34. The van der Waals surface area contributed by atoms with Crippen molar-refractivity contribution in [1.82, 2.24) is 15.1 Å². The molecular weight excluding hydrogens is 281 g/mol. The minimum Gasteiger partial charge on any atom is -0.391 e. The number of nitrogens with one attached hydrogen (secondary N) is 1. The van der Waals surface area contributed by atoms with Gasteiger partial charge in [-0.05, 0) is 49.6 Å². The molecule has 0 radical (unpaired) electrons. The summed E-state index contributed by atoms with van der Waals surface area (Å²) in [7, 11) is 0. The molecule has 1 saturated heterocycles. The van der Waals surface area contributed by atoms with Crippen molar-refractivity contribution in [1.29, 1.82) is 0 Å². The first-order valence-electron chi connectivity index (χ1n) is 7.67. The molecule has 2 aromatic rings. The van der Waals surface area contributed by atoms with E-state index >= 15 is 0 Å². The van der Waals surface area contributed by atoms with Gasteiger partial charge in [-0.3, -0.25) is 10.00 Å². The van der Waals surface area contributed by atoms with Crippen LogP contribution in [-0.4, -0.2) is 39.4 Å². The van der Waals surface area contributed by atoms with E-state index in [0.29, 0.717) is 13.1 Å². The maximum absolute atomic E-state index is 13.4. The van der Waals surface area contributed by atoms with Gasteiger partial charge in [-0.15, -0.1) is 0 Å². The van der Waals surface area contributed by atoms with E-state index in [9.17, 15) is 9.50 Å². The Kier molecular flexibility index (Phi) is 4.27. The third-order valence-corrected chi connectivity index (χ3v) is 4.42. The number of halogens is 1. The number of benzene rings is 1. The maximum Gasteiger partial charge on any atom is 0.123 e. The van der Waals surface area contributed by atoms with Crippen molar-refractivity contribution >= 4 is 0 Å². The molecule has 2 N–H and O–H groups in total. The Labute approximate surface area is 130 Å². The Morgan fingerprint density at radius 3 is 2.86 bits per heavy atom. The summed E-state index contributed by atoms with van der Waals surface area (Å²) >= 11 is 0. The van der Waals surface area contributed by atoms with Crippen LogP contribution in [0.3, 0.4) is 0 Å². The first kappa shape index (κ1) is 15.2. The van der Waals surface area contributed by atoms with E-state index in [1.54, 1.807) is 12.1 Å². The fraction of sp³-hybridized carbons (Fsp3) is 0.471. The van der Waals surface area contributed by atoms with E-state index in [0.717, 1.165) is 35.5 Å². The topological polar surface area (TPSA) is 52.1 Å². The molecule has 2 heterocycles. The zero-order valence-corrected chi connectivity index (χ0v) is 13.0. The molecule has 1 fully saturated rings. The van der Waals surface area contributed by atoms with Gasteiger partial charge in [0.05, 0.1) is 11.8 Å². The highest BCUT2D eigenvalue weighted by atomic mass is 19.1. The highest BCUT2D eigenvalue weighted by Gasteiger charge is 2.31. The summed E-state index contributed by atoms with van der Waals surface area (Å²) in [5.74, 6) is -0.0274. The molecule has 0 amide bonds. The molecule has 118 valence electrons. The van der Waals surface area contributed by atoms with Crippen LogP contribution in [0.5, 0.6) is 0 Å². The van der Waals surface area contributed by atoms with Crippen LogP contribution in [0.1, 0.15) is 22.5 Å². The van der Waals surface area contributed by atoms with Crippen LogP contribution in [0, 0.1) is 25.6 Å². The zero-order chi connectivity index (χ0) is 15.7. The number of aliphatic hydroxyl groups excluding tert-OH is 1. The number of hydrogen-bond donors (Lipinski definition) is 2. The molecule has 0 spiro atoms. The summed E-state index contributed by atoms with van der Waals surface area (Å²) < 4.78 is 13.4. The summed E-state index contributed by atoms with van der Waals surface area (Å²) in [5.41, 5.74) is 4.10. The highest BCUT2D eigenvalue weighted by molar-refractivity contribution is 5.26. The van der Waals surface area contributed by atoms with E-state index in [-0.39, 0.29) is 17.8 Å². The molecule has 0 saturated carbocycles. The molecule has 1 aliphatic rings. The highest BCUT2D eigenvalue weighted by Crippen LogP contribution is 2.24. The molecule has 0 bridgehead atoms. The van der Waals surface area contributed by atoms with Crippen molar-refractivity contribution in [2.45, 2.75) is 32.9 Å². The Hall–Kier alpha value is -1.72. The van der Waals surface area contributed by atoms with Gasteiger partial charge in [0.25, 0.3) is 0 Å². The van der Waals surface area contributed by atoms with Crippen molar-refractivity contribution in [2.24, 2.45) is 5.92 Å². The minimum absolute atomic E-state index is 0.177. The summed E-state index contributed by atoms with van der Waals surface area (Å²) in [5, 5.41) is 17.5. The van der Waals surface area contributed by atoms with E-state index in [1.807, 2.05) is 19.9 Å². The van der Waals surface area contributed by atoms with Gasteiger partial charge in [0, 0.05) is 31.2 Å². The number of β-amino-alcohol motifs (C(OH)–C–C–N with tert-alkyl or cyclic N) is 1. The SMILES string of the molecule is Cc1cc(C[C@@H]2CN(Cc3cc(F)ccc3C)C[C@@H]2O)n[nH]1. The lowest BCUT2D eigenvalue weighted by molar-refractivity contribution is 0.140. The number of nitrogens with zero attached hydrogens (tertiary/aromatic N) is 2. The van der Waals surface area contributed by atoms with Gasteiger partial charge in [0.2, 0.25) is 0 Å². The minimum atomic E-state index is -0.356. The van der Waals surface area contributed by atoms with Crippen LogP contribution in [0.25, 0.3) is 0 Å². The predicted molar refractivity (Wildman–Crippen MR) is 82.9 cm³/mol. The normalized spacial score (nSPS) is 22.4. The number of aromatic nitrogens is 2. The molecule has 4 nitrogen and oxygen atoms in total. The standard InChI is InChI=1S/C17H22FN3O/c1-11-3-4-15(18)6-13(11)8-21-9-14(17(22)10-21)7-16-5-12(2)19-20-16/h3-6,14,17,22H,7-10H2,1-2H3,(H,19,20)/t14-,17+/m1/s1. The van der Waals surface area contributed by atoms with Crippen molar-refractivity contribution in [3.05, 3.63) is 52.6 Å². The zero-order valence-electron chi connectivity index (χ0n) is 13.0. The van der Waals surface area contributed by atoms with Gasteiger partial charge in [0.1, 0.15) is 5.82 Å². The molecule has 3 rings (SSSR count). The van der Waals surface area contributed by atoms with E-state index in [2.05, 4.69) is 15.1 Å². The Bertz CT molecular complexity index is 655. The average Bonchev–Trinajstić information content (AvgIpc) is 3.01. The fourth-order valence-corrected chi connectivity index (χ4v) is 3.17. The van der Waals surface area contributed by atoms with Gasteiger partial charge in [0.15, 0.2) is 0 Å². The smallest absolute Gasteiger partial charge is 0.123 e. The molecule has 1 aliphatic heterocycles. The third kappa shape index (κ3) is 3.36. The summed E-state index contributed by atoms with van der Waals surface area (Å²) in [4.78, 5) is 2.19. The van der Waals surface area contributed by atoms with E-state index in [4.69, 9.17) is 0 Å². The number of rotatable bonds is 4. The molecular formula is C17H22FN3O. The second-order valence-electron chi connectivity index (χ2n) is 6.34. The molecule has 2 atom stereocenters. The number of aliphatic hydroxyl groups is 1. The van der Waals surface area contributed by atoms with Crippen LogP contribution in [-0.2, 0) is 13.0 Å². The first-order valence-corrected chi connectivity index (χ1v) is 7.67. The van der Waals surface area contributed by atoms with E-state index in [1.165, 1.54) is 6.07 Å². The van der Waals surface area contributed by atoms with Gasteiger partial charge < -0.3 is 5.11 Å². The lowest BCUT2D eigenvalue weighted by atomic mass is 10.00. The number of likely N-dealkylation sites (tertiary alicyclic amines) is 1. The van der Waals surface area contributed by atoms with Gasteiger partial charge in [-0.25, -0.2) is 4.39 Å². The first-order chi connectivity index (χ1) is 10.5. The summed E-state index contributed by atoms with van der Waals surface area (Å²) in [6.07, 6.45) is 0.412. The van der Waals surface area contributed by atoms with Gasteiger partial charge in [-0.1, -0.05) is 6.07 Å². The second kappa shape index (κ2) is 6.18. The number of H-pyrrole nitrogens is 1. The van der Waals surface area contributed by atoms with E-state index < -0.39 is 0 Å². The fourth-order valence-electron chi connectivity index (χ4n) is 3.17. The lowest BCUT2D eigenvalue weighted by Crippen LogP contribution is -2.22. The van der Waals surface area contributed by atoms with Crippen molar-refractivity contribution in [3.63, 3.8) is 0 Å². The molecule has 0 aliphatic carbocycles. The lowest BCUT2D eigenvalue weighted by Gasteiger charge is -2.17. The van der Waals surface area contributed by atoms with Crippen molar-refractivity contribution < 1.29 is 9.50 Å². The van der Waals surface area contributed by atoms with Gasteiger partial charge in [-0.2, -0.15) is 5.10 Å². The predicted octanol–water partition coefficient (Wildman–Crippen LogP) is 2.20. The Morgan fingerprint density at radius 1 is 1.32 bits per heavy atom.